The summed E-state index contributed by atoms with van der Waals surface area (Å²) in [6.45, 7) is 7.85. The van der Waals surface area contributed by atoms with Crippen LogP contribution in [0.15, 0.2) is 0 Å². The number of alkyl halides is 1. The fourth-order valence-corrected chi connectivity index (χ4v) is 2.30. The smallest absolute Gasteiger partial charge is 0.0379 e. The van der Waals surface area contributed by atoms with Gasteiger partial charge in [-0.3, -0.25) is 0 Å². The third-order valence-corrected chi connectivity index (χ3v) is 3.49. The molecule has 0 aromatic heterocycles. The SMILES string of the molecule is CCCCCCCCCNC(CCl)C(C)C. The number of unbranched alkanes of at least 4 members (excludes halogenated alkanes) is 6. The van der Waals surface area contributed by atoms with Crippen LogP contribution in [0.2, 0.25) is 0 Å². The van der Waals surface area contributed by atoms with Crippen molar-refractivity contribution in [1.82, 2.24) is 5.32 Å². The summed E-state index contributed by atoms with van der Waals surface area (Å²) < 4.78 is 0. The molecule has 0 heterocycles. The van der Waals surface area contributed by atoms with Gasteiger partial charge in [0.05, 0.1) is 0 Å². The van der Waals surface area contributed by atoms with Crippen LogP contribution in [0.25, 0.3) is 0 Å². The van der Waals surface area contributed by atoms with Crippen molar-refractivity contribution < 1.29 is 0 Å². The molecule has 0 aromatic carbocycles. The van der Waals surface area contributed by atoms with Gasteiger partial charge in [0.2, 0.25) is 0 Å². The highest BCUT2D eigenvalue weighted by Gasteiger charge is 2.09. The molecule has 0 radical (unpaired) electrons. The van der Waals surface area contributed by atoms with Crippen LogP contribution in [0, 0.1) is 5.92 Å². The van der Waals surface area contributed by atoms with Gasteiger partial charge in [0.15, 0.2) is 0 Å². The highest BCUT2D eigenvalue weighted by Crippen LogP contribution is 2.07. The van der Waals surface area contributed by atoms with E-state index in [1.807, 2.05) is 0 Å². The maximum Gasteiger partial charge on any atom is 0.0379 e. The minimum atomic E-state index is 0.488. The Morgan fingerprint density at radius 3 is 2.00 bits per heavy atom. The molecule has 16 heavy (non-hydrogen) atoms. The van der Waals surface area contributed by atoms with Crippen molar-refractivity contribution in [3.63, 3.8) is 0 Å². The normalized spacial score (nSPS) is 13.3. The predicted molar refractivity (Wildman–Crippen MR) is 75.3 cm³/mol. The van der Waals surface area contributed by atoms with E-state index < -0.39 is 0 Å². The molecule has 0 aliphatic rings. The van der Waals surface area contributed by atoms with Crippen LogP contribution in [0.3, 0.4) is 0 Å². The van der Waals surface area contributed by atoms with E-state index in [1.54, 1.807) is 0 Å². The van der Waals surface area contributed by atoms with Gasteiger partial charge < -0.3 is 5.32 Å². The van der Waals surface area contributed by atoms with Crippen molar-refractivity contribution >= 4 is 11.6 Å². The highest BCUT2D eigenvalue weighted by molar-refractivity contribution is 6.18. The zero-order chi connectivity index (χ0) is 12.2. The van der Waals surface area contributed by atoms with E-state index in [9.17, 15) is 0 Å². The van der Waals surface area contributed by atoms with Crippen LogP contribution in [0.4, 0.5) is 0 Å². The molecule has 0 rings (SSSR count). The molecule has 1 nitrogen and oxygen atoms in total. The van der Waals surface area contributed by atoms with Crippen molar-refractivity contribution in [3.05, 3.63) is 0 Å². The minimum Gasteiger partial charge on any atom is -0.313 e. The standard InChI is InChI=1S/C14H30ClN/c1-4-5-6-7-8-9-10-11-16-14(12-15)13(2)3/h13-14,16H,4-12H2,1-3H3. The van der Waals surface area contributed by atoms with Crippen LogP contribution in [0.5, 0.6) is 0 Å². The molecule has 0 aromatic rings. The van der Waals surface area contributed by atoms with E-state index in [0.717, 1.165) is 12.4 Å². The first kappa shape index (κ1) is 16.2. The lowest BCUT2D eigenvalue weighted by Crippen LogP contribution is -2.36. The van der Waals surface area contributed by atoms with Crippen molar-refractivity contribution in [1.29, 1.82) is 0 Å². The molecule has 0 aliphatic carbocycles. The fourth-order valence-electron chi connectivity index (χ4n) is 1.84. The summed E-state index contributed by atoms with van der Waals surface area (Å²) in [7, 11) is 0. The van der Waals surface area contributed by atoms with Gasteiger partial charge in [-0.25, -0.2) is 0 Å². The second kappa shape index (κ2) is 11.7. The van der Waals surface area contributed by atoms with E-state index >= 15 is 0 Å². The van der Waals surface area contributed by atoms with Gasteiger partial charge in [0.25, 0.3) is 0 Å². The van der Waals surface area contributed by atoms with Crippen molar-refractivity contribution in [3.8, 4) is 0 Å². The molecule has 0 aliphatic heterocycles. The average Bonchev–Trinajstić information content (AvgIpc) is 2.26. The molecule has 1 atom stereocenters. The van der Waals surface area contributed by atoms with Gasteiger partial charge in [0, 0.05) is 11.9 Å². The summed E-state index contributed by atoms with van der Waals surface area (Å²) in [5.74, 6) is 1.37. The van der Waals surface area contributed by atoms with Gasteiger partial charge in [-0.2, -0.15) is 0 Å². The summed E-state index contributed by atoms with van der Waals surface area (Å²) in [6, 6.07) is 0.488. The second-order valence-electron chi connectivity index (χ2n) is 5.08. The molecule has 1 N–H and O–H groups in total. The average molecular weight is 248 g/mol. The Balaban J connectivity index is 3.19. The molecule has 0 saturated heterocycles. The Hall–Kier alpha value is 0.250. The van der Waals surface area contributed by atoms with Crippen molar-refractivity contribution in [2.75, 3.05) is 12.4 Å². The van der Waals surface area contributed by atoms with Crippen molar-refractivity contribution in [2.45, 2.75) is 71.8 Å². The zero-order valence-electron chi connectivity index (χ0n) is 11.4. The van der Waals surface area contributed by atoms with Crippen LogP contribution in [0.1, 0.15) is 65.7 Å². The Labute approximate surface area is 107 Å². The third kappa shape index (κ3) is 9.47. The molecule has 0 saturated carbocycles. The number of nitrogens with one attached hydrogen (secondary N) is 1. The fraction of sp³-hybridized carbons (Fsp3) is 1.00. The molecule has 0 amide bonds. The van der Waals surface area contributed by atoms with E-state index in [-0.39, 0.29) is 0 Å². The monoisotopic (exact) mass is 247 g/mol. The summed E-state index contributed by atoms with van der Waals surface area (Å²) in [5.41, 5.74) is 0. The molecular weight excluding hydrogens is 218 g/mol. The molecule has 0 bridgehead atoms. The molecular formula is C14H30ClN. The first-order valence-corrected chi connectivity index (χ1v) is 7.55. The van der Waals surface area contributed by atoms with Gasteiger partial charge in [0.1, 0.15) is 0 Å². The number of halogens is 1. The van der Waals surface area contributed by atoms with Gasteiger partial charge in [-0.15, -0.1) is 11.6 Å². The highest BCUT2D eigenvalue weighted by atomic mass is 35.5. The van der Waals surface area contributed by atoms with Crippen LogP contribution in [-0.2, 0) is 0 Å². The maximum absolute atomic E-state index is 5.90. The Kier molecular flexibility index (Phi) is 11.9. The van der Waals surface area contributed by atoms with Gasteiger partial charge in [-0.1, -0.05) is 59.3 Å². The summed E-state index contributed by atoms with van der Waals surface area (Å²) in [5, 5.41) is 3.54. The minimum absolute atomic E-state index is 0.488. The number of hydrogen-bond donors (Lipinski definition) is 1. The molecule has 98 valence electrons. The number of rotatable bonds is 11. The first-order chi connectivity index (χ1) is 7.72. The maximum atomic E-state index is 5.90. The lowest BCUT2D eigenvalue weighted by Gasteiger charge is -2.19. The quantitative estimate of drug-likeness (QED) is 0.416. The number of hydrogen-bond acceptors (Lipinski definition) is 1. The van der Waals surface area contributed by atoms with Crippen LogP contribution in [-0.4, -0.2) is 18.5 Å². The zero-order valence-corrected chi connectivity index (χ0v) is 12.2. The van der Waals surface area contributed by atoms with Crippen LogP contribution < -0.4 is 5.32 Å². The molecule has 2 heteroatoms. The molecule has 1 unspecified atom stereocenters. The van der Waals surface area contributed by atoms with E-state index in [1.165, 1.54) is 44.9 Å². The van der Waals surface area contributed by atoms with Gasteiger partial charge >= 0.3 is 0 Å². The second-order valence-corrected chi connectivity index (χ2v) is 5.39. The third-order valence-electron chi connectivity index (χ3n) is 3.16. The Morgan fingerprint density at radius 1 is 0.938 bits per heavy atom. The topological polar surface area (TPSA) is 12.0 Å². The molecule has 0 fully saturated rings. The Morgan fingerprint density at radius 2 is 1.50 bits per heavy atom. The van der Waals surface area contributed by atoms with Gasteiger partial charge in [-0.05, 0) is 18.9 Å². The largest absolute Gasteiger partial charge is 0.313 e. The Bertz CT molecular complexity index is 137. The van der Waals surface area contributed by atoms with E-state index in [0.29, 0.717) is 12.0 Å². The predicted octanol–water partition coefficient (Wildman–Crippen LogP) is 4.59. The lowest BCUT2D eigenvalue weighted by atomic mass is 10.1. The molecule has 0 spiro atoms. The summed E-state index contributed by atoms with van der Waals surface area (Å²) >= 11 is 5.90. The van der Waals surface area contributed by atoms with E-state index in [2.05, 4.69) is 26.1 Å². The van der Waals surface area contributed by atoms with E-state index in [4.69, 9.17) is 11.6 Å². The lowest BCUT2D eigenvalue weighted by molar-refractivity contribution is 0.422. The van der Waals surface area contributed by atoms with Crippen molar-refractivity contribution in [2.24, 2.45) is 5.92 Å². The first-order valence-electron chi connectivity index (χ1n) is 7.01. The summed E-state index contributed by atoms with van der Waals surface area (Å²) in [4.78, 5) is 0. The summed E-state index contributed by atoms with van der Waals surface area (Å²) in [6.07, 6.45) is 9.63. The van der Waals surface area contributed by atoms with Crippen LogP contribution >= 0.6 is 11.6 Å².